The van der Waals surface area contributed by atoms with E-state index in [1.54, 1.807) is 19.0 Å². The zero-order valence-corrected chi connectivity index (χ0v) is 20.2. The minimum Gasteiger partial charge on any atom is -0.377 e. The third kappa shape index (κ3) is 3.79. The molecule has 4 aliphatic carbocycles. The fourth-order valence-corrected chi connectivity index (χ4v) is 7.07. The molecule has 0 radical (unpaired) electrons. The van der Waals surface area contributed by atoms with Crippen molar-refractivity contribution in [3.8, 4) is 0 Å². The quantitative estimate of drug-likeness (QED) is 0.343. The summed E-state index contributed by atoms with van der Waals surface area (Å²) in [5.74, 6) is 3.21. The van der Waals surface area contributed by atoms with Gasteiger partial charge < -0.3 is 20.3 Å². The monoisotopic (exact) mass is 516 g/mol. The summed E-state index contributed by atoms with van der Waals surface area (Å²) in [5, 5.41) is 7.58. The lowest BCUT2D eigenvalue weighted by atomic mass is 9.54. The molecule has 5 rings (SSSR count). The van der Waals surface area contributed by atoms with Crippen molar-refractivity contribution in [2.75, 3.05) is 27.2 Å². The number of nitrogens with one attached hydrogen (secondary N) is 2. The average Bonchev–Trinajstić information content (AvgIpc) is 3.46. The van der Waals surface area contributed by atoms with Crippen LogP contribution in [-0.4, -0.2) is 62.2 Å². The first-order chi connectivity index (χ1) is 13.6. The van der Waals surface area contributed by atoms with E-state index in [1.807, 2.05) is 0 Å². The van der Waals surface area contributed by atoms with Crippen molar-refractivity contribution >= 4 is 35.8 Å². The van der Waals surface area contributed by atoms with Gasteiger partial charge in [-0.2, -0.15) is 0 Å². The third-order valence-electron chi connectivity index (χ3n) is 8.51. The number of guanidine groups is 1. The molecule has 7 heteroatoms. The fourth-order valence-electron chi connectivity index (χ4n) is 7.07. The topological polar surface area (TPSA) is 66.0 Å². The number of carbonyl (C=O) groups is 1. The average molecular weight is 516 g/mol. The molecule has 1 amide bonds. The van der Waals surface area contributed by atoms with Crippen molar-refractivity contribution in [3.63, 3.8) is 0 Å². The first-order valence-electron chi connectivity index (χ1n) is 11.5. The van der Waals surface area contributed by atoms with Gasteiger partial charge in [-0.25, -0.2) is 4.99 Å². The predicted octanol–water partition coefficient (Wildman–Crippen LogP) is 2.76. The van der Waals surface area contributed by atoms with Crippen LogP contribution in [0.4, 0.5) is 0 Å². The number of ether oxygens (including phenoxy) is 1. The highest BCUT2D eigenvalue weighted by atomic mass is 127. The maximum Gasteiger partial charge on any atom is 0.243 e. The Labute approximate surface area is 192 Å². The van der Waals surface area contributed by atoms with Crippen LogP contribution in [0.2, 0.25) is 0 Å². The Morgan fingerprint density at radius 3 is 2.59 bits per heavy atom. The van der Waals surface area contributed by atoms with E-state index >= 15 is 0 Å². The molecule has 4 saturated carbocycles. The molecule has 164 valence electrons. The summed E-state index contributed by atoms with van der Waals surface area (Å²) in [5.41, 5.74) is 0.295. The van der Waals surface area contributed by atoms with Gasteiger partial charge in [-0.15, -0.1) is 24.0 Å². The van der Waals surface area contributed by atoms with Gasteiger partial charge in [0.25, 0.3) is 0 Å². The molecule has 2 bridgehead atoms. The summed E-state index contributed by atoms with van der Waals surface area (Å²) >= 11 is 0. The first-order valence-corrected chi connectivity index (χ1v) is 11.5. The maximum atomic E-state index is 12.2. The number of carbonyl (C=O) groups excluding carboxylic acids is 1. The van der Waals surface area contributed by atoms with Crippen LogP contribution in [0.1, 0.15) is 57.8 Å². The second-order valence-corrected chi connectivity index (χ2v) is 10.2. The highest BCUT2D eigenvalue weighted by Gasteiger charge is 2.65. The Morgan fingerprint density at radius 1 is 1.14 bits per heavy atom. The summed E-state index contributed by atoms with van der Waals surface area (Å²) in [6, 6.07) is 0.969. The van der Waals surface area contributed by atoms with E-state index in [4.69, 9.17) is 9.73 Å². The van der Waals surface area contributed by atoms with E-state index in [-0.39, 0.29) is 36.4 Å². The van der Waals surface area contributed by atoms with E-state index in [9.17, 15) is 4.79 Å². The Kier molecular flexibility index (Phi) is 6.36. The number of aliphatic imine (C=N–C) groups is 1. The van der Waals surface area contributed by atoms with Crippen molar-refractivity contribution in [3.05, 3.63) is 0 Å². The maximum absolute atomic E-state index is 12.2. The van der Waals surface area contributed by atoms with Crippen LogP contribution >= 0.6 is 24.0 Å². The number of fused-ring (bicyclic) bond motifs is 4. The van der Waals surface area contributed by atoms with E-state index in [2.05, 4.69) is 10.6 Å². The fraction of sp³-hybridized carbons (Fsp3) is 0.909. The van der Waals surface area contributed by atoms with Gasteiger partial charge in [0.2, 0.25) is 5.91 Å². The number of rotatable bonds is 4. The molecule has 1 heterocycles. The molecule has 6 atom stereocenters. The molecule has 5 fully saturated rings. The SMILES string of the molecule is CN(C)C(=O)CN=C(NC1CC2CCC1C2)NC1C2CCOC2C12CCCC2.I. The van der Waals surface area contributed by atoms with Crippen molar-refractivity contribution in [2.45, 2.75) is 76.0 Å². The molecule has 0 aromatic carbocycles. The molecule has 2 N–H and O–H groups in total. The van der Waals surface area contributed by atoms with Crippen molar-refractivity contribution in [1.29, 1.82) is 0 Å². The number of likely N-dealkylation sites (N-methyl/N-ethyl adjacent to an activating group) is 1. The van der Waals surface area contributed by atoms with Gasteiger partial charge in [-0.3, -0.25) is 4.79 Å². The molecule has 6 nitrogen and oxygen atoms in total. The normalized spacial score (nSPS) is 39.0. The van der Waals surface area contributed by atoms with Gasteiger partial charge in [0.1, 0.15) is 6.54 Å². The summed E-state index contributed by atoms with van der Waals surface area (Å²) in [4.78, 5) is 18.5. The van der Waals surface area contributed by atoms with Gasteiger partial charge in [-0.05, 0) is 50.4 Å². The second-order valence-electron chi connectivity index (χ2n) is 10.2. The highest BCUT2D eigenvalue weighted by Crippen LogP contribution is 2.60. The lowest BCUT2D eigenvalue weighted by Crippen LogP contribution is -2.69. The molecular formula is C22H37IN4O2. The van der Waals surface area contributed by atoms with Gasteiger partial charge >= 0.3 is 0 Å². The van der Waals surface area contributed by atoms with Crippen LogP contribution in [0.25, 0.3) is 0 Å². The molecule has 6 unspecified atom stereocenters. The number of halogens is 1. The molecule has 0 aromatic rings. The van der Waals surface area contributed by atoms with Crippen molar-refractivity contribution in [2.24, 2.45) is 28.2 Å². The summed E-state index contributed by atoms with van der Waals surface area (Å²) in [7, 11) is 3.60. The molecule has 0 aromatic heterocycles. The van der Waals surface area contributed by atoms with E-state index in [0.717, 1.165) is 30.8 Å². The van der Waals surface area contributed by atoms with Crippen molar-refractivity contribution < 1.29 is 9.53 Å². The van der Waals surface area contributed by atoms with Crippen LogP contribution in [0.15, 0.2) is 4.99 Å². The smallest absolute Gasteiger partial charge is 0.243 e. The van der Waals surface area contributed by atoms with Crippen LogP contribution in [-0.2, 0) is 9.53 Å². The number of hydrogen-bond acceptors (Lipinski definition) is 3. The highest BCUT2D eigenvalue weighted by molar-refractivity contribution is 14.0. The van der Waals surface area contributed by atoms with E-state index < -0.39 is 0 Å². The lowest BCUT2D eigenvalue weighted by molar-refractivity contribution is -0.127. The summed E-state index contributed by atoms with van der Waals surface area (Å²) < 4.78 is 6.14. The zero-order valence-electron chi connectivity index (χ0n) is 17.9. The minimum atomic E-state index is 0. The van der Waals surface area contributed by atoms with E-state index in [0.29, 0.717) is 29.5 Å². The standard InChI is InChI=1S/C22H36N4O2.HI/c1-26(2)18(27)13-23-21(24-17-12-14-5-6-15(17)11-14)25-19-16-7-10-28-20(16)22(19)8-3-4-9-22;/h14-17,19-20H,3-13H2,1-2H3,(H2,23,24,25);1H. The Morgan fingerprint density at radius 2 is 1.93 bits per heavy atom. The summed E-state index contributed by atoms with van der Waals surface area (Å²) in [6.07, 6.45) is 12.1. The molecule has 1 aliphatic heterocycles. The van der Waals surface area contributed by atoms with Crippen LogP contribution < -0.4 is 10.6 Å². The van der Waals surface area contributed by atoms with Crippen LogP contribution in [0.5, 0.6) is 0 Å². The van der Waals surface area contributed by atoms with Crippen LogP contribution in [0, 0.1) is 23.2 Å². The zero-order chi connectivity index (χ0) is 19.3. The first kappa shape index (κ1) is 21.7. The largest absolute Gasteiger partial charge is 0.377 e. The van der Waals surface area contributed by atoms with E-state index in [1.165, 1.54) is 51.4 Å². The Balaban J connectivity index is 0.00000205. The van der Waals surface area contributed by atoms with Gasteiger partial charge in [0, 0.05) is 44.1 Å². The van der Waals surface area contributed by atoms with Gasteiger partial charge in [0.15, 0.2) is 5.96 Å². The Bertz CT molecular complexity index is 649. The summed E-state index contributed by atoms with van der Waals surface area (Å²) in [6.45, 7) is 1.12. The van der Waals surface area contributed by atoms with Gasteiger partial charge in [0.05, 0.1) is 6.10 Å². The number of hydrogen-bond donors (Lipinski definition) is 2. The lowest BCUT2D eigenvalue weighted by Gasteiger charge is -2.57. The van der Waals surface area contributed by atoms with Gasteiger partial charge in [-0.1, -0.05) is 19.3 Å². The molecule has 29 heavy (non-hydrogen) atoms. The predicted molar refractivity (Wildman–Crippen MR) is 124 cm³/mol. The van der Waals surface area contributed by atoms with Crippen molar-refractivity contribution in [1.82, 2.24) is 15.5 Å². The molecule has 1 spiro atoms. The molecule has 5 aliphatic rings. The number of nitrogens with zero attached hydrogens (tertiary/aromatic N) is 2. The molecular weight excluding hydrogens is 479 g/mol. The minimum absolute atomic E-state index is 0. The third-order valence-corrected chi connectivity index (χ3v) is 8.51. The number of amides is 1. The van der Waals surface area contributed by atoms with Crippen LogP contribution in [0.3, 0.4) is 0 Å². The molecule has 1 saturated heterocycles. The second kappa shape index (κ2) is 8.52. The Hall–Kier alpha value is -0.570.